The molecular formula is C19H17BrN4O. The van der Waals surface area contributed by atoms with Gasteiger partial charge >= 0.3 is 0 Å². The van der Waals surface area contributed by atoms with E-state index in [1.165, 1.54) is 0 Å². The first-order valence-electron chi connectivity index (χ1n) is 7.78. The van der Waals surface area contributed by atoms with Crippen LogP contribution in [0.4, 0.5) is 11.4 Å². The van der Waals surface area contributed by atoms with Gasteiger partial charge in [0, 0.05) is 41.0 Å². The third-order valence-corrected chi connectivity index (χ3v) is 4.13. The molecule has 0 aliphatic rings. The van der Waals surface area contributed by atoms with E-state index in [2.05, 4.69) is 36.5 Å². The fraction of sp³-hybridized carbons (Fsp3) is 0.105. The molecule has 25 heavy (non-hydrogen) atoms. The molecule has 0 unspecified atom stereocenters. The lowest BCUT2D eigenvalue weighted by molar-refractivity contribution is 0.0946. The lowest BCUT2D eigenvalue weighted by Crippen LogP contribution is -2.23. The Morgan fingerprint density at radius 2 is 2.04 bits per heavy atom. The van der Waals surface area contributed by atoms with Crippen LogP contribution in [0, 0.1) is 6.92 Å². The zero-order valence-corrected chi connectivity index (χ0v) is 15.2. The molecule has 2 aromatic heterocycles. The molecule has 126 valence electrons. The van der Waals surface area contributed by atoms with Gasteiger partial charge in [0.25, 0.3) is 5.91 Å². The van der Waals surface area contributed by atoms with Crippen LogP contribution in [0.2, 0.25) is 0 Å². The number of hydrogen-bond donors (Lipinski definition) is 2. The van der Waals surface area contributed by atoms with E-state index in [4.69, 9.17) is 0 Å². The summed E-state index contributed by atoms with van der Waals surface area (Å²) in [4.78, 5) is 20.5. The first kappa shape index (κ1) is 17.1. The molecule has 0 aliphatic carbocycles. The van der Waals surface area contributed by atoms with E-state index in [1.54, 1.807) is 24.7 Å². The van der Waals surface area contributed by atoms with Crippen molar-refractivity contribution in [3.63, 3.8) is 0 Å². The van der Waals surface area contributed by atoms with Crippen LogP contribution in [0.5, 0.6) is 0 Å². The Labute approximate surface area is 154 Å². The molecular weight excluding hydrogens is 380 g/mol. The second kappa shape index (κ2) is 7.90. The topological polar surface area (TPSA) is 66.9 Å². The summed E-state index contributed by atoms with van der Waals surface area (Å²) < 4.78 is 1.03. The van der Waals surface area contributed by atoms with Gasteiger partial charge in [-0.25, -0.2) is 0 Å². The molecule has 1 aromatic carbocycles. The number of aromatic nitrogens is 2. The van der Waals surface area contributed by atoms with Gasteiger partial charge < -0.3 is 10.6 Å². The SMILES string of the molecule is Cc1cc(Br)ccc1Nc1ccnc(C(=O)NCc2cccnc2)c1. The first-order valence-corrected chi connectivity index (χ1v) is 8.57. The van der Waals surface area contributed by atoms with Crippen LogP contribution in [-0.4, -0.2) is 15.9 Å². The van der Waals surface area contributed by atoms with Crippen LogP contribution in [0.1, 0.15) is 21.6 Å². The molecule has 2 heterocycles. The second-order valence-corrected chi connectivity index (χ2v) is 6.47. The smallest absolute Gasteiger partial charge is 0.270 e. The first-order chi connectivity index (χ1) is 12.1. The van der Waals surface area contributed by atoms with E-state index >= 15 is 0 Å². The van der Waals surface area contributed by atoms with Gasteiger partial charge in [-0.2, -0.15) is 0 Å². The predicted molar refractivity (Wildman–Crippen MR) is 102 cm³/mol. The lowest BCUT2D eigenvalue weighted by atomic mass is 10.2. The summed E-state index contributed by atoms with van der Waals surface area (Å²) in [5.41, 5.74) is 4.20. The Kier molecular flexibility index (Phi) is 5.40. The molecule has 0 radical (unpaired) electrons. The van der Waals surface area contributed by atoms with Crippen molar-refractivity contribution in [2.45, 2.75) is 13.5 Å². The summed E-state index contributed by atoms with van der Waals surface area (Å²) in [6.45, 7) is 2.44. The summed E-state index contributed by atoms with van der Waals surface area (Å²) in [5, 5.41) is 6.17. The second-order valence-electron chi connectivity index (χ2n) is 5.56. The quantitative estimate of drug-likeness (QED) is 0.677. The highest BCUT2D eigenvalue weighted by Gasteiger charge is 2.08. The molecule has 0 fully saturated rings. The summed E-state index contributed by atoms with van der Waals surface area (Å²) in [5.74, 6) is -0.222. The monoisotopic (exact) mass is 396 g/mol. The predicted octanol–water partition coefficient (Wildman–Crippen LogP) is 4.22. The van der Waals surface area contributed by atoms with E-state index < -0.39 is 0 Å². The van der Waals surface area contributed by atoms with E-state index in [0.29, 0.717) is 12.2 Å². The average Bonchev–Trinajstić information content (AvgIpc) is 2.63. The molecule has 5 nitrogen and oxygen atoms in total. The van der Waals surface area contributed by atoms with Crippen molar-refractivity contribution in [3.8, 4) is 0 Å². The van der Waals surface area contributed by atoms with Gasteiger partial charge in [-0.3, -0.25) is 14.8 Å². The molecule has 1 amide bonds. The molecule has 0 bridgehead atoms. The van der Waals surface area contributed by atoms with Crippen LogP contribution < -0.4 is 10.6 Å². The third-order valence-electron chi connectivity index (χ3n) is 3.64. The van der Waals surface area contributed by atoms with Gasteiger partial charge in [0.2, 0.25) is 0 Å². The highest BCUT2D eigenvalue weighted by atomic mass is 79.9. The number of carbonyl (C=O) groups excluding carboxylic acids is 1. The highest BCUT2D eigenvalue weighted by Crippen LogP contribution is 2.23. The minimum absolute atomic E-state index is 0.222. The van der Waals surface area contributed by atoms with Crippen LogP contribution in [0.3, 0.4) is 0 Å². The van der Waals surface area contributed by atoms with Crippen molar-refractivity contribution < 1.29 is 4.79 Å². The van der Waals surface area contributed by atoms with Crippen molar-refractivity contribution in [1.82, 2.24) is 15.3 Å². The molecule has 6 heteroatoms. The molecule has 0 spiro atoms. The fourth-order valence-electron chi connectivity index (χ4n) is 2.33. The number of rotatable bonds is 5. The number of amides is 1. The number of hydrogen-bond acceptors (Lipinski definition) is 4. The maximum Gasteiger partial charge on any atom is 0.270 e. The van der Waals surface area contributed by atoms with Crippen molar-refractivity contribution in [2.24, 2.45) is 0 Å². The van der Waals surface area contributed by atoms with E-state index in [-0.39, 0.29) is 5.91 Å². The zero-order valence-electron chi connectivity index (χ0n) is 13.7. The van der Waals surface area contributed by atoms with Gasteiger partial charge in [-0.15, -0.1) is 0 Å². The minimum atomic E-state index is -0.222. The minimum Gasteiger partial charge on any atom is -0.355 e. The molecule has 0 saturated carbocycles. The third kappa shape index (κ3) is 4.64. The van der Waals surface area contributed by atoms with Gasteiger partial charge in [-0.1, -0.05) is 22.0 Å². The van der Waals surface area contributed by atoms with Crippen molar-refractivity contribution >= 4 is 33.2 Å². The Balaban J connectivity index is 1.69. The molecule has 0 saturated heterocycles. The number of pyridine rings is 2. The standard InChI is InChI=1S/C19H17BrN4O/c1-13-9-15(20)4-5-17(13)24-16-6-8-22-18(10-16)19(25)23-12-14-3-2-7-21-11-14/h2-11H,12H2,1H3,(H,22,24)(H,23,25). The number of carbonyl (C=O) groups is 1. The number of nitrogens with one attached hydrogen (secondary N) is 2. The molecule has 2 N–H and O–H groups in total. The van der Waals surface area contributed by atoms with Gasteiger partial charge in [0.1, 0.15) is 5.69 Å². The van der Waals surface area contributed by atoms with Crippen molar-refractivity contribution in [2.75, 3.05) is 5.32 Å². The Bertz CT molecular complexity index is 884. The molecule has 0 atom stereocenters. The lowest BCUT2D eigenvalue weighted by Gasteiger charge is -2.11. The Morgan fingerprint density at radius 1 is 1.16 bits per heavy atom. The normalized spacial score (nSPS) is 10.3. The fourth-order valence-corrected chi connectivity index (χ4v) is 2.81. The van der Waals surface area contributed by atoms with Crippen LogP contribution in [0.25, 0.3) is 0 Å². The van der Waals surface area contributed by atoms with E-state index in [1.807, 2.05) is 43.3 Å². The number of nitrogens with zero attached hydrogens (tertiary/aromatic N) is 2. The summed E-state index contributed by atoms with van der Waals surface area (Å²) in [6.07, 6.45) is 5.05. The highest BCUT2D eigenvalue weighted by molar-refractivity contribution is 9.10. The number of halogens is 1. The van der Waals surface area contributed by atoms with Crippen LogP contribution in [-0.2, 0) is 6.54 Å². The molecule has 0 aliphatic heterocycles. The summed E-state index contributed by atoms with van der Waals surface area (Å²) in [7, 11) is 0. The van der Waals surface area contributed by atoms with Crippen LogP contribution >= 0.6 is 15.9 Å². The summed E-state index contributed by atoms with van der Waals surface area (Å²) in [6, 6.07) is 13.3. The van der Waals surface area contributed by atoms with Crippen LogP contribution in [0.15, 0.2) is 65.5 Å². The molecule has 3 aromatic rings. The maximum atomic E-state index is 12.3. The van der Waals surface area contributed by atoms with Gasteiger partial charge in [0.05, 0.1) is 0 Å². The van der Waals surface area contributed by atoms with E-state index in [0.717, 1.165) is 27.0 Å². The summed E-state index contributed by atoms with van der Waals surface area (Å²) >= 11 is 3.45. The zero-order chi connectivity index (χ0) is 17.6. The number of anilines is 2. The van der Waals surface area contributed by atoms with Gasteiger partial charge in [-0.05, 0) is 54.4 Å². The Morgan fingerprint density at radius 3 is 2.80 bits per heavy atom. The Hall–Kier alpha value is -2.73. The number of aryl methyl sites for hydroxylation is 1. The van der Waals surface area contributed by atoms with E-state index in [9.17, 15) is 4.79 Å². The maximum absolute atomic E-state index is 12.3. The van der Waals surface area contributed by atoms with Crippen molar-refractivity contribution in [1.29, 1.82) is 0 Å². The number of benzene rings is 1. The molecule has 3 rings (SSSR count). The largest absolute Gasteiger partial charge is 0.355 e. The van der Waals surface area contributed by atoms with Crippen molar-refractivity contribution in [3.05, 3.63) is 82.3 Å². The van der Waals surface area contributed by atoms with Gasteiger partial charge in [0.15, 0.2) is 0 Å². The average molecular weight is 397 g/mol.